The summed E-state index contributed by atoms with van der Waals surface area (Å²) < 4.78 is 7.76. The maximum absolute atomic E-state index is 5.39. The zero-order valence-electron chi connectivity index (χ0n) is 12.6. The Hall–Kier alpha value is -1.32. The van der Waals surface area contributed by atoms with E-state index in [1.165, 1.54) is 35.1 Å². The van der Waals surface area contributed by atoms with Crippen LogP contribution in [0.3, 0.4) is 0 Å². The van der Waals surface area contributed by atoms with Crippen molar-refractivity contribution >= 4 is 10.9 Å². The van der Waals surface area contributed by atoms with E-state index in [9.17, 15) is 0 Å². The van der Waals surface area contributed by atoms with Gasteiger partial charge in [0.1, 0.15) is 0 Å². The third-order valence-electron chi connectivity index (χ3n) is 4.37. The molecule has 2 aromatic rings. The molecule has 1 aromatic heterocycles. The Morgan fingerprint density at radius 1 is 1.20 bits per heavy atom. The van der Waals surface area contributed by atoms with Crippen LogP contribution in [0.5, 0.6) is 0 Å². The third kappa shape index (κ3) is 2.74. The predicted octanol–water partition coefficient (Wildman–Crippen LogP) is 2.75. The van der Waals surface area contributed by atoms with Gasteiger partial charge in [-0.2, -0.15) is 0 Å². The molecule has 1 saturated heterocycles. The van der Waals surface area contributed by atoms with Gasteiger partial charge in [-0.3, -0.25) is 4.90 Å². The molecule has 0 aliphatic carbocycles. The van der Waals surface area contributed by atoms with E-state index < -0.39 is 0 Å². The highest BCUT2D eigenvalue weighted by Gasteiger charge is 2.11. The number of hydrogen-bond acceptors (Lipinski definition) is 2. The van der Waals surface area contributed by atoms with Crippen molar-refractivity contribution in [3.05, 3.63) is 35.5 Å². The highest BCUT2D eigenvalue weighted by Crippen LogP contribution is 2.22. The predicted molar refractivity (Wildman–Crippen MR) is 83.2 cm³/mol. The van der Waals surface area contributed by atoms with Crippen molar-refractivity contribution in [1.82, 2.24) is 9.47 Å². The van der Waals surface area contributed by atoms with Gasteiger partial charge in [-0.1, -0.05) is 18.2 Å². The molecular formula is C17H24N2O. The Labute approximate surface area is 121 Å². The number of fused-ring (bicyclic) bond motifs is 1. The molecule has 0 saturated carbocycles. The minimum absolute atomic E-state index is 0.896. The van der Waals surface area contributed by atoms with Crippen LogP contribution in [-0.2, 0) is 18.2 Å². The van der Waals surface area contributed by atoms with E-state index in [-0.39, 0.29) is 0 Å². The average molecular weight is 272 g/mol. The van der Waals surface area contributed by atoms with Gasteiger partial charge in [-0.15, -0.1) is 0 Å². The molecule has 3 rings (SSSR count). The Kier molecular flexibility index (Phi) is 4.08. The Balaban J connectivity index is 1.65. The van der Waals surface area contributed by atoms with E-state index in [1.807, 2.05) is 0 Å². The maximum atomic E-state index is 5.39. The Bertz CT molecular complexity index is 582. The molecule has 1 aliphatic rings. The molecule has 0 amide bonds. The molecule has 0 radical (unpaired) electrons. The fourth-order valence-electron chi connectivity index (χ4n) is 3.22. The summed E-state index contributed by atoms with van der Waals surface area (Å²) >= 11 is 0. The summed E-state index contributed by atoms with van der Waals surface area (Å²) in [4.78, 5) is 2.51. The topological polar surface area (TPSA) is 17.4 Å². The maximum Gasteiger partial charge on any atom is 0.0594 e. The Morgan fingerprint density at radius 2 is 2.00 bits per heavy atom. The molecule has 0 atom stereocenters. The molecule has 0 bridgehead atoms. The van der Waals surface area contributed by atoms with Crippen molar-refractivity contribution in [3.8, 4) is 0 Å². The van der Waals surface area contributed by atoms with Crippen molar-refractivity contribution in [2.24, 2.45) is 7.05 Å². The average Bonchev–Trinajstić information content (AvgIpc) is 2.78. The van der Waals surface area contributed by atoms with Gasteiger partial charge in [-0.25, -0.2) is 0 Å². The minimum atomic E-state index is 0.896. The lowest BCUT2D eigenvalue weighted by Crippen LogP contribution is -2.37. The second-order valence-electron chi connectivity index (χ2n) is 5.77. The molecule has 0 N–H and O–H groups in total. The van der Waals surface area contributed by atoms with Gasteiger partial charge in [0.15, 0.2) is 0 Å². The van der Waals surface area contributed by atoms with E-state index in [2.05, 4.69) is 47.7 Å². The number of morpholine rings is 1. The number of aryl methyl sites for hydroxylation is 3. The minimum Gasteiger partial charge on any atom is -0.379 e. The van der Waals surface area contributed by atoms with Crippen molar-refractivity contribution < 1.29 is 4.74 Å². The molecule has 20 heavy (non-hydrogen) atoms. The second kappa shape index (κ2) is 5.98. The van der Waals surface area contributed by atoms with Crippen molar-refractivity contribution in [2.45, 2.75) is 19.8 Å². The van der Waals surface area contributed by atoms with Crippen LogP contribution < -0.4 is 0 Å². The zero-order valence-corrected chi connectivity index (χ0v) is 12.6. The molecule has 0 unspecified atom stereocenters. The Morgan fingerprint density at radius 3 is 2.75 bits per heavy atom. The molecular weight excluding hydrogens is 248 g/mol. The molecule has 3 heteroatoms. The second-order valence-corrected chi connectivity index (χ2v) is 5.77. The highest BCUT2D eigenvalue weighted by molar-refractivity contribution is 5.84. The van der Waals surface area contributed by atoms with Gasteiger partial charge < -0.3 is 9.30 Å². The number of nitrogens with zero attached hydrogens (tertiary/aromatic N) is 2. The van der Waals surface area contributed by atoms with E-state index in [4.69, 9.17) is 4.74 Å². The first-order valence-corrected chi connectivity index (χ1v) is 7.60. The molecule has 108 valence electrons. The van der Waals surface area contributed by atoms with Crippen LogP contribution in [0.25, 0.3) is 10.9 Å². The van der Waals surface area contributed by atoms with Crippen molar-refractivity contribution in [2.75, 3.05) is 32.8 Å². The summed E-state index contributed by atoms with van der Waals surface area (Å²) in [5.74, 6) is 0. The molecule has 2 heterocycles. The first-order valence-electron chi connectivity index (χ1n) is 7.60. The lowest BCUT2D eigenvalue weighted by molar-refractivity contribution is 0.0374. The summed E-state index contributed by atoms with van der Waals surface area (Å²) in [6.07, 6.45) is 2.38. The summed E-state index contributed by atoms with van der Waals surface area (Å²) in [6, 6.07) is 8.91. The lowest BCUT2D eigenvalue weighted by atomic mass is 10.1. The van der Waals surface area contributed by atoms with Gasteiger partial charge in [0.2, 0.25) is 0 Å². The van der Waals surface area contributed by atoms with E-state index in [0.29, 0.717) is 0 Å². The number of ether oxygens (including phenoxy) is 1. The van der Waals surface area contributed by atoms with E-state index >= 15 is 0 Å². The van der Waals surface area contributed by atoms with Crippen LogP contribution in [0.1, 0.15) is 17.7 Å². The van der Waals surface area contributed by atoms with Gasteiger partial charge in [0.05, 0.1) is 18.7 Å². The molecule has 0 spiro atoms. The van der Waals surface area contributed by atoms with Gasteiger partial charge in [0.25, 0.3) is 0 Å². The molecule has 1 aromatic carbocycles. The van der Waals surface area contributed by atoms with Crippen LogP contribution in [0.2, 0.25) is 0 Å². The quantitative estimate of drug-likeness (QED) is 0.851. The van der Waals surface area contributed by atoms with Crippen LogP contribution >= 0.6 is 0 Å². The van der Waals surface area contributed by atoms with Crippen LogP contribution in [0.4, 0.5) is 0 Å². The SMILES string of the molecule is Cc1cccc2cc(CCCN3CCOCC3)n(C)c12. The smallest absolute Gasteiger partial charge is 0.0594 e. The first kappa shape index (κ1) is 13.7. The van der Waals surface area contributed by atoms with E-state index in [0.717, 1.165) is 32.7 Å². The van der Waals surface area contributed by atoms with Gasteiger partial charge >= 0.3 is 0 Å². The summed E-state index contributed by atoms with van der Waals surface area (Å²) in [7, 11) is 2.19. The fourth-order valence-corrected chi connectivity index (χ4v) is 3.22. The van der Waals surface area contributed by atoms with Crippen LogP contribution in [0.15, 0.2) is 24.3 Å². The molecule has 1 fully saturated rings. The largest absolute Gasteiger partial charge is 0.379 e. The molecule has 3 nitrogen and oxygen atoms in total. The van der Waals surface area contributed by atoms with Crippen LogP contribution in [0, 0.1) is 6.92 Å². The lowest BCUT2D eigenvalue weighted by Gasteiger charge is -2.26. The normalized spacial score (nSPS) is 16.9. The number of aromatic nitrogens is 1. The summed E-state index contributed by atoms with van der Waals surface area (Å²) in [6.45, 7) is 7.35. The number of para-hydroxylation sites is 1. The standard InChI is InChI=1S/C17H24N2O/c1-14-5-3-6-15-13-16(18(2)17(14)15)7-4-8-19-9-11-20-12-10-19/h3,5-6,13H,4,7-12H2,1-2H3. The van der Waals surface area contributed by atoms with Crippen molar-refractivity contribution in [3.63, 3.8) is 0 Å². The summed E-state index contributed by atoms with van der Waals surface area (Å²) in [5, 5.41) is 1.37. The van der Waals surface area contributed by atoms with Crippen LogP contribution in [-0.4, -0.2) is 42.3 Å². The third-order valence-corrected chi connectivity index (χ3v) is 4.37. The van der Waals surface area contributed by atoms with Gasteiger partial charge in [-0.05, 0) is 37.9 Å². The zero-order chi connectivity index (χ0) is 13.9. The number of rotatable bonds is 4. The highest BCUT2D eigenvalue weighted by atomic mass is 16.5. The van der Waals surface area contributed by atoms with E-state index in [1.54, 1.807) is 0 Å². The number of benzene rings is 1. The summed E-state index contributed by atoms with van der Waals surface area (Å²) in [5.41, 5.74) is 4.20. The van der Waals surface area contributed by atoms with Gasteiger partial charge in [0, 0.05) is 31.2 Å². The number of hydrogen-bond donors (Lipinski definition) is 0. The first-order chi connectivity index (χ1) is 9.75. The molecule has 1 aliphatic heterocycles. The fraction of sp³-hybridized carbons (Fsp3) is 0.529. The van der Waals surface area contributed by atoms with Crippen molar-refractivity contribution in [1.29, 1.82) is 0 Å². The monoisotopic (exact) mass is 272 g/mol.